The van der Waals surface area contributed by atoms with Crippen molar-refractivity contribution in [3.8, 4) is 0 Å². The lowest BCUT2D eigenvalue weighted by Crippen LogP contribution is -2.21. The minimum atomic E-state index is -1.16. The van der Waals surface area contributed by atoms with Gasteiger partial charge in [-0.05, 0) is 53.6 Å². The summed E-state index contributed by atoms with van der Waals surface area (Å²) in [5.41, 5.74) is 12.7. The molecular formula is C20H18N4O5. The predicted octanol–water partition coefficient (Wildman–Crippen LogP) is 2.04. The standard InChI is InChI=1S/C20H18N4O5/c21-20(22)24-15-3-1-2-14(11-15)19(29)23-16-7-4-12(5-8-17(25)26)13(10-16)6-9-18(27)28/h1-11H,(H,23,29)(H,25,26)(H,27,28)(H4,21,22,24)/b8-5+,9-6+. The van der Waals surface area contributed by atoms with Gasteiger partial charge in [-0.15, -0.1) is 0 Å². The molecule has 0 unspecified atom stereocenters. The molecule has 9 nitrogen and oxygen atoms in total. The SMILES string of the molecule is NC(N)=Nc1cccc(C(=O)Nc2ccc(/C=C/C(=O)O)c(/C=C/C(=O)O)c2)c1. The van der Waals surface area contributed by atoms with E-state index in [9.17, 15) is 14.4 Å². The lowest BCUT2D eigenvalue weighted by molar-refractivity contribution is -0.132. The number of rotatable bonds is 7. The summed E-state index contributed by atoms with van der Waals surface area (Å²) in [5, 5.41) is 20.3. The third-order valence-corrected chi connectivity index (χ3v) is 3.52. The highest BCUT2D eigenvalue weighted by Crippen LogP contribution is 2.21. The Morgan fingerprint density at radius 3 is 2.17 bits per heavy atom. The quantitative estimate of drug-likeness (QED) is 0.272. The molecule has 2 aromatic rings. The molecule has 148 valence electrons. The molecule has 0 aliphatic heterocycles. The smallest absolute Gasteiger partial charge is 0.328 e. The lowest BCUT2D eigenvalue weighted by atomic mass is 10.0. The van der Waals surface area contributed by atoms with Crippen molar-refractivity contribution in [2.24, 2.45) is 16.5 Å². The van der Waals surface area contributed by atoms with E-state index in [-0.39, 0.29) is 5.96 Å². The Bertz CT molecular complexity index is 1040. The molecule has 2 aromatic carbocycles. The number of anilines is 1. The number of carbonyl (C=O) groups is 3. The first-order valence-electron chi connectivity index (χ1n) is 8.21. The van der Waals surface area contributed by atoms with Gasteiger partial charge < -0.3 is 27.0 Å². The van der Waals surface area contributed by atoms with Crippen molar-refractivity contribution in [1.82, 2.24) is 0 Å². The van der Waals surface area contributed by atoms with Crippen molar-refractivity contribution in [3.05, 3.63) is 71.3 Å². The number of carboxylic acid groups (broad SMARTS) is 2. The van der Waals surface area contributed by atoms with Gasteiger partial charge in [0.25, 0.3) is 5.91 Å². The molecule has 0 heterocycles. The van der Waals surface area contributed by atoms with Crippen LogP contribution in [0.5, 0.6) is 0 Å². The number of nitrogens with one attached hydrogen (secondary N) is 1. The van der Waals surface area contributed by atoms with Gasteiger partial charge in [-0.25, -0.2) is 14.6 Å². The number of benzene rings is 2. The van der Waals surface area contributed by atoms with Gasteiger partial charge in [-0.2, -0.15) is 0 Å². The number of nitrogens with zero attached hydrogens (tertiary/aromatic N) is 1. The minimum absolute atomic E-state index is 0.137. The molecule has 0 aromatic heterocycles. The number of carboxylic acids is 2. The summed E-state index contributed by atoms with van der Waals surface area (Å²) in [7, 11) is 0. The zero-order chi connectivity index (χ0) is 21.4. The molecule has 0 saturated heterocycles. The average Bonchev–Trinajstić information content (AvgIpc) is 2.65. The van der Waals surface area contributed by atoms with E-state index in [1.165, 1.54) is 24.3 Å². The van der Waals surface area contributed by atoms with Crippen molar-refractivity contribution in [2.45, 2.75) is 0 Å². The molecule has 7 N–H and O–H groups in total. The minimum Gasteiger partial charge on any atom is -0.478 e. The largest absolute Gasteiger partial charge is 0.478 e. The number of nitrogens with two attached hydrogens (primary N) is 2. The Labute approximate surface area is 165 Å². The zero-order valence-electron chi connectivity index (χ0n) is 15.1. The molecule has 29 heavy (non-hydrogen) atoms. The highest BCUT2D eigenvalue weighted by atomic mass is 16.4. The first kappa shape index (κ1) is 20.9. The third kappa shape index (κ3) is 6.68. The summed E-state index contributed by atoms with van der Waals surface area (Å²) in [4.78, 5) is 37.9. The molecule has 1 amide bonds. The van der Waals surface area contributed by atoms with Crippen LogP contribution < -0.4 is 16.8 Å². The molecule has 0 aliphatic rings. The Kier molecular flexibility index (Phi) is 6.86. The van der Waals surface area contributed by atoms with Crippen molar-refractivity contribution < 1.29 is 24.6 Å². The highest BCUT2D eigenvalue weighted by molar-refractivity contribution is 6.05. The molecule has 0 radical (unpaired) electrons. The van der Waals surface area contributed by atoms with E-state index < -0.39 is 17.8 Å². The summed E-state index contributed by atoms with van der Waals surface area (Å²) in [5.74, 6) is -2.87. The summed E-state index contributed by atoms with van der Waals surface area (Å²) >= 11 is 0. The van der Waals surface area contributed by atoms with Crippen molar-refractivity contribution in [3.63, 3.8) is 0 Å². The fourth-order valence-corrected chi connectivity index (χ4v) is 2.34. The van der Waals surface area contributed by atoms with Crippen LogP contribution in [0.4, 0.5) is 11.4 Å². The fourth-order valence-electron chi connectivity index (χ4n) is 2.34. The Morgan fingerprint density at radius 2 is 1.55 bits per heavy atom. The zero-order valence-corrected chi connectivity index (χ0v) is 15.1. The molecule has 9 heteroatoms. The Morgan fingerprint density at radius 1 is 0.897 bits per heavy atom. The number of hydrogen-bond acceptors (Lipinski definition) is 4. The van der Waals surface area contributed by atoms with E-state index in [0.29, 0.717) is 28.1 Å². The third-order valence-electron chi connectivity index (χ3n) is 3.52. The number of amides is 1. The van der Waals surface area contributed by atoms with Crippen LogP contribution in [0.1, 0.15) is 21.5 Å². The molecule has 0 aliphatic carbocycles. The van der Waals surface area contributed by atoms with Crippen LogP contribution in [0.15, 0.2) is 59.6 Å². The summed E-state index contributed by atoms with van der Waals surface area (Å²) < 4.78 is 0. The molecule has 2 rings (SSSR count). The summed E-state index contributed by atoms with van der Waals surface area (Å²) in [6, 6.07) is 11.0. The van der Waals surface area contributed by atoms with Gasteiger partial charge in [0.2, 0.25) is 0 Å². The van der Waals surface area contributed by atoms with E-state index >= 15 is 0 Å². The van der Waals surface area contributed by atoms with Crippen molar-refractivity contribution in [2.75, 3.05) is 5.32 Å². The average molecular weight is 394 g/mol. The normalized spacial score (nSPS) is 10.8. The second-order valence-corrected chi connectivity index (χ2v) is 5.73. The highest BCUT2D eigenvalue weighted by Gasteiger charge is 2.08. The van der Waals surface area contributed by atoms with E-state index in [2.05, 4.69) is 10.3 Å². The molecule has 0 bridgehead atoms. The van der Waals surface area contributed by atoms with Gasteiger partial charge in [0, 0.05) is 23.4 Å². The van der Waals surface area contributed by atoms with Crippen LogP contribution in [0, 0.1) is 0 Å². The monoisotopic (exact) mass is 394 g/mol. The number of guanidine groups is 1. The van der Waals surface area contributed by atoms with Gasteiger partial charge in [-0.1, -0.05) is 12.1 Å². The number of hydrogen-bond donors (Lipinski definition) is 5. The summed E-state index contributed by atoms with van der Waals surface area (Å²) in [6.45, 7) is 0. The lowest BCUT2D eigenvalue weighted by Gasteiger charge is -2.09. The first-order valence-corrected chi connectivity index (χ1v) is 8.21. The van der Waals surface area contributed by atoms with E-state index in [1.54, 1.807) is 30.3 Å². The van der Waals surface area contributed by atoms with Crippen molar-refractivity contribution >= 4 is 47.3 Å². The van der Waals surface area contributed by atoms with E-state index in [0.717, 1.165) is 12.2 Å². The van der Waals surface area contributed by atoms with Gasteiger partial charge in [0.15, 0.2) is 5.96 Å². The molecular weight excluding hydrogens is 376 g/mol. The number of aliphatic imine (C=N–C) groups is 1. The maximum absolute atomic E-state index is 12.5. The van der Waals surface area contributed by atoms with Crippen LogP contribution >= 0.6 is 0 Å². The van der Waals surface area contributed by atoms with Gasteiger partial charge in [-0.3, -0.25) is 4.79 Å². The van der Waals surface area contributed by atoms with E-state index in [4.69, 9.17) is 21.7 Å². The Balaban J connectivity index is 2.31. The molecule has 0 atom stereocenters. The maximum atomic E-state index is 12.5. The number of aliphatic carboxylic acids is 2. The second-order valence-electron chi connectivity index (χ2n) is 5.73. The van der Waals surface area contributed by atoms with Gasteiger partial charge in [0.05, 0.1) is 5.69 Å². The summed E-state index contributed by atoms with van der Waals surface area (Å²) in [6.07, 6.45) is 4.48. The maximum Gasteiger partial charge on any atom is 0.328 e. The molecule has 0 saturated carbocycles. The second kappa shape index (κ2) is 9.51. The van der Waals surface area contributed by atoms with Crippen molar-refractivity contribution in [1.29, 1.82) is 0 Å². The predicted molar refractivity (Wildman–Crippen MR) is 110 cm³/mol. The first-order chi connectivity index (χ1) is 13.7. The van der Waals surface area contributed by atoms with Crippen LogP contribution in [-0.4, -0.2) is 34.0 Å². The van der Waals surface area contributed by atoms with Crippen LogP contribution in [0.3, 0.4) is 0 Å². The molecule has 0 spiro atoms. The molecule has 0 fully saturated rings. The topological polar surface area (TPSA) is 168 Å². The van der Waals surface area contributed by atoms with Gasteiger partial charge >= 0.3 is 11.9 Å². The number of carbonyl (C=O) groups excluding carboxylic acids is 1. The van der Waals surface area contributed by atoms with E-state index in [1.807, 2.05) is 0 Å². The Hall–Kier alpha value is -4.40. The van der Waals surface area contributed by atoms with Gasteiger partial charge in [0.1, 0.15) is 0 Å². The van der Waals surface area contributed by atoms with Crippen LogP contribution in [0.25, 0.3) is 12.2 Å². The fraction of sp³-hybridized carbons (Fsp3) is 0. The van der Waals surface area contributed by atoms with Crippen LogP contribution in [0.2, 0.25) is 0 Å². The van der Waals surface area contributed by atoms with Crippen LogP contribution in [-0.2, 0) is 9.59 Å².